The maximum Gasteiger partial charge on any atom is 0.269 e. The predicted octanol–water partition coefficient (Wildman–Crippen LogP) is 3.19. The van der Waals surface area contributed by atoms with Gasteiger partial charge in [-0.15, -0.1) is 0 Å². The van der Waals surface area contributed by atoms with Gasteiger partial charge in [0.25, 0.3) is 5.88 Å². The van der Waals surface area contributed by atoms with Gasteiger partial charge < -0.3 is 14.2 Å². The third kappa shape index (κ3) is 4.91. The Morgan fingerprint density at radius 2 is 2.24 bits per heavy atom. The first-order valence-electron chi connectivity index (χ1n) is 5.74. The Morgan fingerprint density at radius 3 is 2.88 bits per heavy atom. The van der Waals surface area contributed by atoms with Crippen molar-refractivity contribution in [3.8, 4) is 5.88 Å². The first kappa shape index (κ1) is 14.3. The Morgan fingerprint density at radius 1 is 1.47 bits per heavy atom. The van der Waals surface area contributed by atoms with Crippen LogP contribution in [0.15, 0.2) is 15.1 Å². The van der Waals surface area contributed by atoms with Crippen LogP contribution in [0.4, 0.5) is 0 Å². The molecule has 0 saturated carbocycles. The Labute approximate surface area is 111 Å². The van der Waals surface area contributed by atoms with Crippen LogP contribution in [0.5, 0.6) is 5.88 Å². The maximum atomic E-state index is 5.49. The van der Waals surface area contributed by atoms with E-state index in [9.17, 15) is 0 Å². The minimum absolute atomic E-state index is 0.531. The first-order chi connectivity index (χ1) is 8.15. The van der Waals surface area contributed by atoms with Gasteiger partial charge in [0.05, 0.1) is 6.61 Å². The molecule has 96 valence electrons. The third-order valence-corrected chi connectivity index (χ3v) is 2.84. The highest BCUT2D eigenvalue weighted by atomic mass is 79.9. The van der Waals surface area contributed by atoms with Gasteiger partial charge in [0.2, 0.25) is 0 Å². The smallest absolute Gasteiger partial charge is 0.269 e. The van der Waals surface area contributed by atoms with E-state index in [0.29, 0.717) is 18.2 Å². The molecule has 0 fully saturated rings. The molecule has 0 aliphatic heterocycles. The molecule has 17 heavy (non-hydrogen) atoms. The van der Waals surface area contributed by atoms with E-state index in [-0.39, 0.29) is 0 Å². The summed E-state index contributed by atoms with van der Waals surface area (Å²) in [6.07, 6.45) is 6.03. The van der Waals surface area contributed by atoms with Gasteiger partial charge in [-0.3, -0.25) is 0 Å². The molecule has 5 heteroatoms. The minimum Gasteiger partial charge on any atom is -0.475 e. The van der Waals surface area contributed by atoms with Gasteiger partial charge in [0.15, 0.2) is 5.76 Å². The van der Waals surface area contributed by atoms with Crippen LogP contribution < -0.4 is 4.74 Å². The number of aromatic nitrogens is 1. The van der Waals surface area contributed by atoms with Crippen LogP contribution in [0.3, 0.4) is 0 Å². The lowest BCUT2D eigenvalue weighted by molar-refractivity contribution is 0.272. The fraction of sp³-hybridized carbons (Fsp3) is 0.583. The fourth-order valence-electron chi connectivity index (χ4n) is 1.15. The number of ether oxygens (including phenoxy) is 1. The molecule has 0 aromatic carbocycles. The molecule has 0 saturated heterocycles. The summed E-state index contributed by atoms with van der Waals surface area (Å²) in [6.45, 7) is 3.65. The first-order valence-corrected chi connectivity index (χ1v) is 6.53. The van der Waals surface area contributed by atoms with Gasteiger partial charge >= 0.3 is 0 Å². The molecule has 0 radical (unpaired) electrons. The SMILES string of the molecule is CCCCOc1noc(/C=C/CN(C)C)c1Br. The second-order valence-electron chi connectivity index (χ2n) is 4.03. The number of nitrogens with zero attached hydrogens (tertiary/aromatic N) is 2. The quantitative estimate of drug-likeness (QED) is 0.725. The largest absolute Gasteiger partial charge is 0.475 e. The lowest BCUT2D eigenvalue weighted by atomic mass is 10.3. The molecule has 0 atom stereocenters. The van der Waals surface area contributed by atoms with E-state index < -0.39 is 0 Å². The molecule has 0 bridgehead atoms. The van der Waals surface area contributed by atoms with E-state index in [0.717, 1.165) is 23.9 Å². The topological polar surface area (TPSA) is 38.5 Å². The molecule has 1 rings (SSSR count). The summed E-state index contributed by atoms with van der Waals surface area (Å²) in [5.41, 5.74) is 0. The number of hydrogen-bond donors (Lipinski definition) is 0. The molecular formula is C12H19BrN2O2. The van der Waals surface area contributed by atoms with E-state index in [1.165, 1.54) is 0 Å². The van der Waals surface area contributed by atoms with E-state index in [4.69, 9.17) is 9.26 Å². The second-order valence-corrected chi connectivity index (χ2v) is 4.83. The van der Waals surface area contributed by atoms with Crippen molar-refractivity contribution in [1.29, 1.82) is 0 Å². The number of likely N-dealkylation sites (N-methyl/N-ethyl adjacent to an activating group) is 1. The number of unbranched alkanes of at least 4 members (excludes halogenated alkanes) is 1. The van der Waals surface area contributed by atoms with Crippen LogP contribution in [-0.2, 0) is 0 Å². The Kier molecular flexibility index (Phi) is 6.29. The number of rotatable bonds is 7. The average Bonchev–Trinajstić information content (AvgIpc) is 2.61. The zero-order valence-electron chi connectivity index (χ0n) is 10.6. The second kappa shape index (κ2) is 7.50. The van der Waals surface area contributed by atoms with E-state index in [1.54, 1.807) is 0 Å². The van der Waals surface area contributed by atoms with Crippen LogP contribution in [0.1, 0.15) is 25.5 Å². The van der Waals surface area contributed by atoms with Crippen molar-refractivity contribution in [2.75, 3.05) is 27.2 Å². The highest BCUT2D eigenvalue weighted by molar-refractivity contribution is 9.10. The number of halogens is 1. The fourth-order valence-corrected chi connectivity index (χ4v) is 1.54. The van der Waals surface area contributed by atoms with E-state index in [2.05, 4.69) is 32.9 Å². The lowest BCUT2D eigenvalue weighted by Crippen LogP contribution is -2.10. The van der Waals surface area contributed by atoms with E-state index in [1.807, 2.05) is 26.2 Å². The summed E-state index contributed by atoms with van der Waals surface area (Å²) in [5.74, 6) is 1.22. The summed E-state index contributed by atoms with van der Waals surface area (Å²) in [6, 6.07) is 0. The highest BCUT2D eigenvalue weighted by Crippen LogP contribution is 2.28. The van der Waals surface area contributed by atoms with Crippen molar-refractivity contribution in [3.63, 3.8) is 0 Å². The normalized spacial score (nSPS) is 11.6. The van der Waals surface area contributed by atoms with Crippen LogP contribution in [-0.4, -0.2) is 37.3 Å². The van der Waals surface area contributed by atoms with Crippen molar-refractivity contribution in [1.82, 2.24) is 10.1 Å². The minimum atomic E-state index is 0.531. The molecule has 1 aromatic rings. The zero-order chi connectivity index (χ0) is 12.7. The van der Waals surface area contributed by atoms with Crippen molar-refractivity contribution < 1.29 is 9.26 Å². The summed E-state index contributed by atoms with van der Waals surface area (Å²) in [4.78, 5) is 2.07. The van der Waals surface area contributed by atoms with Gasteiger partial charge in [-0.1, -0.05) is 19.4 Å². The summed E-state index contributed by atoms with van der Waals surface area (Å²) in [5, 5.41) is 3.88. The monoisotopic (exact) mass is 302 g/mol. The molecule has 0 unspecified atom stereocenters. The molecule has 0 N–H and O–H groups in total. The number of hydrogen-bond acceptors (Lipinski definition) is 4. The van der Waals surface area contributed by atoms with Crippen molar-refractivity contribution >= 4 is 22.0 Å². The van der Waals surface area contributed by atoms with Crippen LogP contribution >= 0.6 is 15.9 Å². The molecule has 4 nitrogen and oxygen atoms in total. The molecule has 0 aliphatic rings. The van der Waals surface area contributed by atoms with E-state index >= 15 is 0 Å². The van der Waals surface area contributed by atoms with Crippen LogP contribution in [0.25, 0.3) is 6.08 Å². The van der Waals surface area contributed by atoms with Gasteiger partial charge in [-0.25, -0.2) is 0 Å². The van der Waals surface area contributed by atoms with Crippen molar-refractivity contribution in [3.05, 3.63) is 16.3 Å². The Bertz CT molecular complexity index is 361. The maximum absolute atomic E-state index is 5.49. The molecule has 1 heterocycles. The van der Waals surface area contributed by atoms with Crippen molar-refractivity contribution in [2.45, 2.75) is 19.8 Å². The Hall–Kier alpha value is -0.810. The van der Waals surface area contributed by atoms with Gasteiger partial charge in [0, 0.05) is 6.54 Å². The molecule has 0 amide bonds. The van der Waals surface area contributed by atoms with Gasteiger partial charge in [-0.2, -0.15) is 0 Å². The van der Waals surface area contributed by atoms with Gasteiger partial charge in [0.1, 0.15) is 4.47 Å². The molecular weight excluding hydrogens is 284 g/mol. The average molecular weight is 303 g/mol. The van der Waals surface area contributed by atoms with Crippen molar-refractivity contribution in [2.24, 2.45) is 0 Å². The van der Waals surface area contributed by atoms with Crippen LogP contribution in [0.2, 0.25) is 0 Å². The third-order valence-electron chi connectivity index (χ3n) is 2.11. The molecule has 0 aliphatic carbocycles. The Balaban J connectivity index is 2.54. The van der Waals surface area contributed by atoms with Crippen LogP contribution in [0, 0.1) is 0 Å². The zero-order valence-corrected chi connectivity index (χ0v) is 12.2. The summed E-state index contributed by atoms with van der Waals surface area (Å²) < 4.78 is 11.5. The standard InChI is InChI=1S/C12H19BrN2O2/c1-4-5-9-16-12-11(13)10(17-14-12)7-6-8-15(2)3/h6-7H,4-5,8-9H2,1-3H3/b7-6+. The van der Waals surface area contributed by atoms with Gasteiger partial charge in [-0.05, 0) is 47.7 Å². The predicted molar refractivity (Wildman–Crippen MR) is 72.2 cm³/mol. The summed E-state index contributed by atoms with van der Waals surface area (Å²) in [7, 11) is 4.03. The lowest BCUT2D eigenvalue weighted by Gasteiger charge is -2.02. The molecule has 1 aromatic heterocycles. The molecule has 0 spiro atoms. The summed E-state index contributed by atoms with van der Waals surface area (Å²) >= 11 is 3.42. The highest BCUT2D eigenvalue weighted by Gasteiger charge is 2.12.